The Morgan fingerprint density at radius 3 is 2.65 bits per heavy atom. The lowest BCUT2D eigenvalue weighted by Crippen LogP contribution is -2.47. The van der Waals surface area contributed by atoms with Crippen molar-refractivity contribution in [3.05, 3.63) is 71.0 Å². The Labute approximate surface area is 222 Å². The molecule has 0 saturated carbocycles. The van der Waals surface area contributed by atoms with Crippen LogP contribution in [0.3, 0.4) is 0 Å². The molecule has 0 amide bonds. The molecule has 3 heterocycles. The van der Waals surface area contributed by atoms with Crippen LogP contribution >= 0.6 is 11.6 Å². The maximum absolute atomic E-state index is 11.9. The van der Waals surface area contributed by atoms with Gasteiger partial charge in [-0.05, 0) is 62.8 Å². The maximum atomic E-state index is 11.9. The number of aromatic carboxylic acids is 1. The molecule has 3 aromatic rings. The van der Waals surface area contributed by atoms with E-state index in [9.17, 15) is 9.90 Å². The van der Waals surface area contributed by atoms with Gasteiger partial charge < -0.3 is 19.7 Å². The maximum Gasteiger partial charge on any atom is 0.339 e. The average molecular weight is 521 g/mol. The molecule has 7 nitrogen and oxygen atoms in total. The van der Waals surface area contributed by atoms with E-state index >= 15 is 0 Å². The zero-order chi connectivity index (χ0) is 25.8. The fraction of sp³-hybridized carbons (Fsp3) is 0.379. The first-order chi connectivity index (χ1) is 18.0. The predicted molar refractivity (Wildman–Crippen MR) is 148 cm³/mol. The summed E-state index contributed by atoms with van der Waals surface area (Å²) >= 11 is 6.03. The van der Waals surface area contributed by atoms with E-state index in [2.05, 4.69) is 26.3 Å². The molecule has 194 valence electrons. The Hall–Kier alpha value is -3.29. The molecule has 2 aliphatic rings. The normalized spacial score (nSPS) is 16.8. The zero-order valence-electron chi connectivity index (χ0n) is 21.0. The molecule has 0 spiro atoms. The molecule has 1 saturated heterocycles. The van der Waals surface area contributed by atoms with Gasteiger partial charge in [0.05, 0.1) is 6.20 Å². The van der Waals surface area contributed by atoms with Gasteiger partial charge in [-0.2, -0.15) is 0 Å². The van der Waals surface area contributed by atoms with E-state index in [-0.39, 0.29) is 5.56 Å². The van der Waals surface area contributed by atoms with Gasteiger partial charge >= 0.3 is 5.97 Å². The van der Waals surface area contributed by atoms with Crippen molar-refractivity contribution in [2.75, 3.05) is 37.6 Å². The predicted octanol–water partition coefficient (Wildman–Crippen LogP) is 6.58. The number of hydrogen-bond donors (Lipinski definition) is 2. The highest BCUT2D eigenvalue weighted by molar-refractivity contribution is 6.29. The van der Waals surface area contributed by atoms with Crippen LogP contribution in [-0.4, -0.2) is 58.7 Å². The van der Waals surface area contributed by atoms with Crippen LogP contribution in [0.1, 0.15) is 48.9 Å². The second-order valence-corrected chi connectivity index (χ2v) is 10.4. The highest BCUT2D eigenvalue weighted by Gasteiger charge is 2.22. The van der Waals surface area contributed by atoms with Crippen molar-refractivity contribution < 1.29 is 14.6 Å². The monoisotopic (exact) mass is 520 g/mol. The Morgan fingerprint density at radius 2 is 1.89 bits per heavy atom. The van der Waals surface area contributed by atoms with Crippen molar-refractivity contribution in [1.82, 2.24) is 14.9 Å². The smallest absolute Gasteiger partial charge is 0.339 e. The lowest BCUT2D eigenvalue weighted by molar-refractivity contribution is 0.0694. The van der Waals surface area contributed by atoms with Crippen molar-refractivity contribution in [2.24, 2.45) is 0 Å². The number of halogens is 1. The van der Waals surface area contributed by atoms with Crippen LogP contribution in [-0.2, 0) is 0 Å². The van der Waals surface area contributed by atoms with E-state index in [0.29, 0.717) is 11.5 Å². The van der Waals surface area contributed by atoms with Gasteiger partial charge in [-0.25, -0.2) is 9.78 Å². The van der Waals surface area contributed by atoms with Gasteiger partial charge in [0, 0.05) is 61.1 Å². The first-order valence-corrected chi connectivity index (χ1v) is 13.3. The number of pyridine rings is 1. The highest BCUT2D eigenvalue weighted by Crippen LogP contribution is 2.33. The lowest BCUT2D eigenvalue weighted by Gasteiger charge is -2.37. The van der Waals surface area contributed by atoms with E-state index in [1.54, 1.807) is 23.4 Å². The number of anilines is 1. The van der Waals surface area contributed by atoms with Crippen molar-refractivity contribution >= 4 is 34.3 Å². The molecule has 0 unspecified atom stereocenters. The molecule has 0 radical (unpaired) electrons. The van der Waals surface area contributed by atoms with Gasteiger partial charge in [0.1, 0.15) is 22.7 Å². The number of hydrogen-bond acceptors (Lipinski definition) is 5. The SMILES string of the molecule is C=C(Cl)CCC1=C(CN2CCN(c3ccc(C(=O)O)c(Oc4cnc5[nH]ccc5c4)c3)CC2)CCCC1. The summed E-state index contributed by atoms with van der Waals surface area (Å²) in [5.74, 6) is -0.191. The molecule has 2 aromatic heterocycles. The number of rotatable bonds is 9. The third-order valence-electron chi connectivity index (χ3n) is 7.36. The first kappa shape index (κ1) is 25.4. The van der Waals surface area contributed by atoms with Crippen LogP contribution in [0, 0.1) is 0 Å². The summed E-state index contributed by atoms with van der Waals surface area (Å²) in [4.78, 5) is 24.1. The number of carboxylic acids is 1. The Balaban J connectivity index is 1.26. The Kier molecular flexibility index (Phi) is 7.82. The van der Waals surface area contributed by atoms with Crippen LogP contribution in [0.5, 0.6) is 11.5 Å². The minimum atomic E-state index is -1.02. The van der Waals surface area contributed by atoms with Crippen molar-refractivity contribution in [2.45, 2.75) is 38.5 Å². The topological polar surface area (TPSA) is 81.7 Å². The minimum Gasteiger partial charge on any atom is -0.478 e. The Morgan fingerprint density at radius 1 is 1.11 bits per heavy atom. The molecule has 37 heavy (non-hydrogen) atoms. The number of benzene rings is 1. The molecule has 1 aliphatic heterocycles. The zero-order valence-corrected chi connectivity index (χ0v) is 21.8. The second kappa shape index (κ2) is 11.4. The number of aromatic amines is 1. The van der Waals surface area contributed by atoms with E-state index in [0.717, 1.165) is 67.3 Å². The van der Waals surface area contributed by atoms with Gasteiger partial charge in [0.25, 0.3) is 0 Å². The van der Waals surface area contributed by atoms with Crippen LogP contribution < -0.4 is 9.64 Å². The second-order valence-electron chi connectivity index (χ2n) is 9.87. The van der Waals surface area contributed by atoms with Crippen molar-refractivity contribution in [3.8, 4) is 11.5 Å². The number of carbonyl (C=O) groups is 1. The standard InChI is InChI=1S/C29H33ClN4O3/c1-20(30)6-7-21-4-2-3-5-23(21)19-33-12-14-34(15-13-33)24-8-9-26(29(35)36)27(17-24)37-25-16-22-10-11-31-28(22)32-18-25/h8-11,16-18H,1-7,12-15,19H2,(H,31,32)(H,35,36). The van der Waals surface area contributed by atoms with Crippen LogP contribution in [0.4, 0.5) is 5.69 Å². The van der Waals surface area contributed by atoms with Gasteiger partial charge in [0.2, 0.25) is 0 Å². The highest BCUT2D eigenvalue weighted by atomic mass is 35.5. The Bertz CT molecular complexity index is 1320. The van der Waals surface area contributed by atoms with Crippen LogP contribution in [0.25, 0.3) is 11.0 Å². The third kappa shape index (κ3) is 6.17. The van der Waals surface area contributed by atoms with Crippen LogP contribution in [0.15, 0.2) is 65.5 Å². The average Bonchev–Trinajstić information content (AvgIpc) is 3.36. The number of piperazine rings is 1. The van der Waals surface area contributed by atoms with Gasteiger partial charge in [-0.3, -0.25) is 4.90 Å². The largest absolute Gasteiger partial charge is 0.478 e. The number of ether oxygens (including phenoxy) is 1. The summed E-state index contributed by atoms with van der Waals surface area (Å²) in [5, 5.41) is 11.4. The minimum absolute atomic E-state index is 0.132. The van der Waals surface area contributed by atoms with Crippen molar-refractivity contribution in [1.29, 1.82) is 0 Å². The van der Waals surface area contributed by atoms with E-state index in [1.807, 2.05) is 30.5 Å². The summed E-state index contributed by atoms with van der Waals surface area (Å²) < 4.78 is 6.04. The number of fused-ring (bicyclic) bond motifs is 1. The molecular weight excluding hydrogens is 488 g/mol. The fourth-order valence-electron chi connectivity index (χ4n) is 5.31. The van der Waals surface area contributed by atoms with E-state index in [4.69, 9.17) is 16.3 Å². The van der Waals surface area contributed by atoms with E-state index in [1.165, 1.54) is 25.7 Å². The summed E-state index contributed by atoms with van der Waals surface area (Å²) in [7, 11) is 0. The number of nitrogens with one attached hydrogen (secondary N) is 1. The number of H-pyrrole nitrogens is 1. The number of aromatic nitrogens is 2. The molecule has 1 aliphatic carbocycles. The molecule has 1 aromatic carbocycles. The number of allylic oxidation sites excluding steroid dienone is 2. The lowest BCUT2D eigenvalue weighted by atomic mass is 9.88. The molecule has 2 N–H and O–H groups in total. The fourth-order valence-corrected chi connectivity index (χ4v) is 5.41. The number of carboxylic acid groups (broad SMARTS) is 1. The molecule has 1 fully saturated rings. The molecular formula is C29H33ClN4O3. The quantitative estimate of drug-likeness (QED) is 0.310. The molecule has 0 bridgehead atoms. The van der Waals surface area contributed by atoms with E-state index < -0.39 is 5.97 Å². The van der Waals surface area contributed by atoms with Crippen LogP contribution in [0.2, 0.25) is 0 Å². The third-order valence-corrected chi connectivity index (χ3v) is 7.54. The first-order valence-electron chi connectivity index (χ1n) is 12.9. The molecule has 0 atom stereocenters. The van der Waals surface area contributed by atoms with Gasteiger partial charge in [-0.1, -0.05) is 29.3 Å². The molecule has 8 heteroatoms. The summed E-state index contributed by atoms with van der Waals surface area (Å²) in [6.07, 6.45) is 10.2. The summed E-state index contributed by atoms with van der Waals surface area (Å²) in [6.45, 7) is 8.56. The molecule has 5 rings (SSSR count). The number of nitrogens with zero attached hydrogens (tertiary/aromatic N) is 3. The summed E-state index contributed by atoms with van der Waals surface area (Å²) in [6, 6.07) is 9.10. The summed E-state index contributed by atoms with van der Waals surface area (Å²) in [5.41, 5.74) is 5.03. The van der Waals surface area contributed by atoms with Gasteiger partial charge in [-0.15, -0.1) is 0 Å². The van der Waals surface area contributed by atoms with Gasteiger partial charge in [0.15, 0.2) is 0 Å². The van der Waals surface area contributed by atoms with Crippen molar-refractivity contribution in [3.63, 3.8) is 0 Å².